The number of alkyl halides is 2. The Morgan fingerprint density at radius 2 is 1.85 bits per heavy atom. The molecule has 0 aromatic heterocycles. The normalized spacial score (nSPS) is 15.7. The lowest BCUT2D eigenvalue weighted by Crippen LogP contribution is -2.46. The molecule has 2 aromatic rings. The molecule has 1 aliphatic rings. The lowest BCUT2D eigenvalue weighted by molar-refractivity contribution is -0.146. The third-order valence-electron chi connectivity index (χ3n) is 5.48. The minimum absolute atomic E-state index is 0.0200. The van der Waals surface area contributed by atoms with E-state index in [1.807, 2.05) is 18.2 Å². The zero-order valence-corrected chi connectivity index (χ0v) is 18.3. The molecule has 3 rings (SSSR count). The molecule has 1 fully saturated rings. The highest BCUT2D eigenvalue weighted by molar-refractivity contribution is 6.35. The summed E-state index contributed by atoms with van der Waals surface area (Å²) in [5, 5.41) is 1.80. The standard InChI is InChI=1S/C23H23F4N3O4/c1-29(22(33)34-13-15-5-3-2-4-6-15)17-9-10-30(12-17)21(32)20(31)28-14-23(26,27)18-8-7-16(24)11-19(18)25/h2-8,11,17H,9-10,12-14H2,1H3,(H,28,31). The van der Waals surface area contributed by atoms with Crippen LogP contribution in [-0.4, -0.2) is 60.4 Å². The van der Waals surface area contributed by atoms with Gasteiger partial charge in [0.25, 0.3) is 5.92 Å². The fourth-order valence-electron chi connectivity index (χ4n) is 3.50. The highest BCUT2D eigenvalue weighted by Crippen LogP contribution is 2.29. The molecule has 1 saturated heterocycles. The summed E-state index contributed by atoms with van der Waals surface area (Å²) in [5.74, 6) is -8.69. The molecular weight excluding hydrogens is 458 g/mol. The zero-order chi connectivity index (χ0) is 24.9. The van der Waals surface area contributed by atoms with E-state index in [1.165, 1.54) is 11.9 Å². The number of hydrogen-bond donors (Lipinski definition) is 1. The average Bonchev–Trinajstić information content (AvgIpc) is 3.30. The minimum atomic E-state index is -3.86. The van der Waals surface area contributed by atoms with Crippen molar-refractivity contribution < 1.29 is 36.7 Å². The lowest BCUT2D eigenvalue weighted by atomic mass is 10.1. The number of carbonyl (C=O) groups is 3. The van der Waals surface area contributed by atoms with Crippen molar-refractivity contribution >= 4 is 17.9 Å². The third-order valence-corrected chi connectivity index (χ3v) is 5.48. The van der Waals surface area contributed by atoms with Gasteiger partial charge >= 0.3 is 17.9 Å². The number of hydrogen-bond acceptors (Lipinski definition) is 4. The molecule has 0 spiro atoms. The fraction of sp³-hybridized carbons (Fsp3) is 0.348. The van der Waals surface area contributed by atoms with Crippen molar-refractivity contribution in [2.75, 3.05) is 26.7 Å². The molecule has 7 nitrogen and oxygen atoms in total. The van der Waals surface area contributed by atoms with Crippen LogP contribution in [0.15, 0.2) is 48.5 Å². The molecular formula is C23H23F4N3O4. The first kappa shape index (κ1) is 25.0. The average molecular weight is 481 g/mol. The second-order valence-corrected chi connectivity index (χ2v) is 7.86. The van der Waals surface area contributed by atoms with Crippen LogP contribution in [0, 0.1) is 11.6 Å². The van der Waals surface area contributed by atoms with Crippen LogP contribution in [0.2, 0.25) is 0 Å². The number of ether oxygens (including phenoxy) is 1. The van der Waals surface area contributed by atoms with Crippen molar-refractivity contribution in [3.8, 4) is 0 Å². The molecule has 182 valence electrons. The summed E-state index contributed by atoms with van der Waals surface area (Å²) in [6.45, 7) is -1.11. The Balaban J connectivity index is 1.49. The molecule has 1 unspecified atom stereocenters. The van der Waals surface area contributed by atoms with Crippen molar-refractivity contribution in [2.45, 2.75) is 25.0 Å². The maximum absolute atomic E-state index is 14.2. The summed E-state index contributed by atoms with van der Waals surface area (Å²) >= 11 is 0. The van der Waals surface area contributed by atoms with Crippen molar-refractivity contribution in [2.24, 2.45) is 0 Å². The first-order chi connectivity index (χ1) is 16.1. The second kappa shape index (κ2) is 10.5. The van der Waals surface area contributed by atoms with E-state index in [2.05, 4.69) is 0 Å². The molecule has 1 N–H and O–H groups in total. The van der Waals surface area contributed by atoms with Crippen LogP contribution in [0.5, 0.6) is 0 Å². The number of benzene rings is 2. The number of likely N-dealkylation sites (tertiary alicyclic amines) is 1. The van der Waals surface area contributed by atoms with Crippen LogP contribution in [-0.2, 0) is 26.9 Å². The summed E-state index contributed by atoms with van der Waals surface area (Å²) in [4.78, 5) is 39.2. The number of nitrogens with one attached hydrogen (secondary N) is 1. The number of likely N-dealkylation sites (N-methyl/N-ethyl adjacent to an activating group) is 1. The van der Waals surface area contributed by atoms with Crippen LogP contribution < -0.4 is 5.32 Å². The van der Waals surface area contributed by atoms with Gasteiger partial charge in [0.1, 0.15) is 18.2 Å². The Bertz CT molecular complexity index is 1050. The van der Waals surface area contributed by atoms with E-state index in [9.17, 15) is 31.9 Å². The van der Waals surface area contributed by atoms with Gasteiger partial charge in [0.2, 0.25) is 0 Å². The Hall–Kier alpha value is -3.63. The largest absolute Gasteiger partial charge is 0.445 e. The van der Waals surface area contributed by atoms with E-state index in [1.54, 1.807) is 17.4 Å². The fourth-order valence-corrected chi connectivity index (χ4v) is 3.50. The molecule has 1 atom stereocenters. The van der Waals surface area contributed by atoms with Gasteiger partial charge in [-0.1, -0.05) is 30.3 Å². The quantitative estimate of drug-likeness (QED) is 0.508. The maximum atomic E-state index is 14.2. The van der Waals surface area contributed by atoms with Crippen molar-refractivity contribution in [1.82, 2.24) is 15.1 Å². The number of rotatable bonds is 6. The number of carbonyl (C=O) groups excluding carboxylic acids is 3. The van der Waals surface area contributed by atoms with Crippen molar-refractivity contribution in [3.05, 3.63) is 71.3 Å². The van der Waals surface area contributed by atoms with Gasteiger partial charge in [-0.25, -0.2) is 13.6 Å². The highest BCUT2D eigenvalue weighted by Gasteiger charge is 2.38. The van der Waals surface area contributed by atoms with Gasteiger partial charge in [0, 0.05) is 26.2 Å². The summed E-state index contributed by atoms with van der Waals surface area (Å²) in [6.07, 6.45) is -0.235. The van der Waals surface area contributed by atoms with Gasteiger partial charge in [-0.15, -0.1) is 0 Å². The summed E-state index contributed by atoms with van der Waals surface area (Å²) in [5.41, 5.74) is -0.292. The molecule has 11 heteroatoms. The second-order valence-electron chi connectivity index (χ2n) is 7.86. The molecule has 34 heavy (non-hydrogen) atoms. The Labute approximate surface area is 193 Å². The summed E-state index contributed by atoms with van der Waals surface area (Å²) < 4.78 is 60.3. The molecule has 3 amide bonds. The monoisotopic (exact) mass is 481 g/mol. The third kappa shape index (κ3) is 6.03. The highest BCUT2D eigenvalue weighted by atomic mass is 19.3. The topological polar surface area (TPSA) is 79.0 Å². The van der Waals surface area contributed by atoms with E-state index < -0.39 is 53.6 Å². The van der Waals surface area contributed by atoms with E-state index in [0.29, 0.717) is 24.6 Å². The zero-order valence-electron chi connectivity index (χ0n) is 18.3. The molecule has 1 aliphatic heterocycles. The lowest BCUT2D eigenvalue weighted by Gasteiger charge is -2.24. The predicted molar refractivity (Wildman–Crippen MR) is 113 cm³/mol. The molecule has 0 radical (unpaired) electrons. The minimum Gasteiger partial charge on any atom is -0.445 e. The van der Waals surface area contributed by atoms with Crippen LogP contribution in [0.1, 0.15) is 17.5 Å². The van der Waals surface area contributed by atoms with Crippen LogP contribution in [0.25, 0.3) is 0 Å². The van der Waals surface area contributed by atoms with Gasteiger partial charge in [0.15, 0.2) is 0 Å². The smallest absolute Gasteiger partial charge is 0.410 e. The number of halogens is 4. The predicted octanol–water partition coefficient (Wildman–Crippen LogP) is 3.04. The molecule has 0 bridgehead atoms. The van der Waals surface area contributed by atoms with E-state index in [0.717, 1.165) is 10.5 Å². The SMILES string of the molecule is CN(C(=O)OCc1ccccc1)C1CCN(C(=O)C(=O)NCC(F)(F)c2ccc(F)cc2F)C1. The number of amides is 3. The van der Waals surface area contributed by atoms with Gasteiger partial charge in [-0.3, -0.25) is 9.59 Å². The van der Waals surface area contributed by atoms with E-state index >= 15 is 0 Å². The van der Waals surface area contributed by atoms with Gasteiger partial charge in [-0.05, 0) is 24.1 Å². The van der Waals surface area contributed by atoms with Crippen molar-refractivity contribution in [1.29, 1.82) is 0 Å². The molecule has 0 aliphatic carbocycles. The van der Waals surface area contributed by atoms with Crippen LogP contribution in [0.3, 0.4) is 0 Å². The van der Waals surface area contributed by atoms with Crippen LogP contribution in [0.4, 0.5) is 22.4 Å². The summed E-state index contributed by atoms with van der Waals surface area (Å²) in [7, 11) is 1.50. The molecule has 2 aromatic carbocycles. The summed E-state index contributed by atoms with van der Waals surface area (Å²) in [6, 6.07) is 10.2. The van der Waals surface area contributed by atoms with E-state index in [4.69, 9.17) is 4.74 Å². The first-order valence-corrected chi connectivity index (χ1v) is 10.4. The first-order valence-electron chi connectivity index (χ1n) is 10.4. The Morgan fingerprint density at radius 1 is 1.15 bits per heavy atom. The molecule has 0 saturated carbocycles. The van der Waals surface area contributed by atoms with Gasteiger partial charge in [-0.2, -0.15) is 8.78 Å². The Kier molecular flexibility index (Phi) is 7.75. The van der Waals surface area contributed by atoms with Gasteiger partial charge < -0.3 is 19.9 Å². The Morgan fingerprint density at radius 3 is 2.53 bits per heavy atom. The molecule has 1 heterocycles. The van der Waals surface area contributed by atoms with Crippen LogP contribution >= 0.6 is 0 Å². The van der Waals surface area contributed by atoms with Gasteiger partial charge in [0.05, 0.1) is 18.2 Å². The number of nitrogens with zero attached hydrogens (tertiary/aromatic N) is 2. The van der Waals surface area contributed by atoms with Crippen molar-refractivity contribution in [3.63, 3.8) is 0 Å². The van der Waals surface area contributed by atoms with E-state index in [-0.39, 0.29) is 19.7 Å². The maximum Gasteiger partial charge on any atom is 0.410 e.